The topological polar surface area (TPSA) is 93.7 Å². The zero-order chi connectivity index (χ0) is 14.5. The highest BCUT2D eigenvalue weighted by Gasteiger charge is 2.12. The van der Waals surface area contributed by atoms with Gasteiger partial charge in [-0.3, -0.25) is 4.79 Å². The van der Waals surface area contributed by atoms with E-state index in [1.807, 2.05) is 0 Å². The van der Waals surface area contributed by atoms with Crippen LogP contribution in [0.15, 0.2) is 32.7 Å². The molecular formula is C11H8BrN5O2S. The first kappa shape index (κ1) is 14.5. The Balaban J connectivity index is 2.19. The van der Waals surface area contributed by atoms with Gasteiger partial charge < -0.3 is 4.74 Å². The molecule has 0 aliphatic carbocycles. The summed E-state index contributed by atoms with van der Waals surface area (Å²) in [6.45, 7) is -0.0523. The Morgan fingerprint density at radius 2 is 2.40 bits per heavy atom. The maximum absolute atomic E-state index is 11.2. The van der Waals surface area contributed by atoms with Gasteiger partial charge in [-0.15, -0.1) is 5.10 Å². The van der Waals surface area contributed by atoms with Crippen LogP contribution in [0.2, 0.25) is 0 Å². The van der Waals surface area contributed by atoms with Crippen molar-refractivity contribution in [2.45, 2.75) is 16.6 Å². The quantitative estimate of drug-likeness (QED) is 0.771. The summed E-state index contributed by atoms with van der Waals surface area (Å²) in [7, 11) is 1.30. The van der Waals surface area contributed by atoms with E-state index in [4.69, 9.17) is 5.26 Å². The smallest absolute Gasteiger partial charge is 0.327 e. The van der Waals surface area contributed by atoms with Gasteiger partial charge in [-0.05, 0) is 56.3 Å². The fourth-order valence-corrected chi connectivity index (χ4v) is 2.74. The summed E-state index contributed by atoms with van der Waals surface area (Å²) in [5.74, 6) is -0.430. The first-order valence-electron chi connectivity index (χ1n) is 5.34. The molecule has 0 spiro atoms. The van der Waals surface area contributed by atoms with Crippen molar-refractivity contribution >= 4 is 33.7 Å². The second-order valence-corrected chi connectivity index (χ2v) is 5.45. The fraction of sp³-hybridized carbons (Fsp3) is 0.182. The number of aromatic nitrogens is 4. The molecule has 0 atom stereocenters. The standard InChI is InChI=1S/C11H8BrN5O2S/c1-19-10(18)6-17-11(14-15-16-17)20-8-3-2-7(5-13)9(12)4-8/h2-4H,6H2,1H3. The number of tetrazole rings is 1. The number of nitriles is 1. The van der Waals surface area contributed by atoms with Gasteiger partial charge in [0.05, 0.1) is 12.7 Å². The van der Waals surface area contributed by atoms with Gasteiger partial charge in [-0.2, -0.15) is 5.26 Å². The van der Waals surface area contributed by atoms with Crippen LogP contribution in [0.4, 0.5) is 0 Å². The van der Waals surface area contributed by atoms with Crippen molar-refractivity contribution in [1.29, 1.82) is 5.26 Å². The summed E-state index contributed by atoms with van der Waals surface area (Å²) in [6, 6.07) is 7.33. The Morgan fingerprint density at radius 1 is 1.60 bits per heavy atom. The van der Waals surface area contributed by atoms with Gasteiger partial charge in [-0.25, -0.2) is 4.68 Å². The lowest BCUT2D eigenvalue weighted by Crippen LogP contribution is -2.13. The summed E-state index contributed by atoms with van der Waals surface area (Å²) in [4.78, 5) is 12.1. The van der Waals surface area contributed by atoms with Crippen molar-refractivity contribution < 1.29 is 9.53 Å². The number of methoxy groups -OCH3 is 1. The molecule has 0 unspecified atom stereocenters. The average Bonchev–Trinajstić information content (AvgIpc) is 2.86. The number of benzene rings is 1. The van der Waals surface area contributed by atoms with E-state index in [2.05, 4.69) is 42.3 Å². The molecule has 2 rings (SSSR count). The molecule has 7 nitrogen and oxygen atoms in total. The largest absolute Gasteiger partial charge is 0.468 e. The highest BCUT2D eigenvalue weighted by molar-refractivity contribution is 9.10. The molecule has 1 heterocycles. The highest BCUT2D eigenvalue weighted by Crippen LogP contribution is 2.29. The predicted molar refractivity (Wildman–Crippen MR) is 72.8 cm³/mol. The summed E-state index contributed by atoms with van der Waals surface area (Å²) >= 11 is 4.60. The van der Waals surface area contributed by atoms with Crippen LogP contribution in [-0.2, 0) is 16.1 Å². The van der Waals surface area contributed by atoms with Gasteiger partial charge in [0.2, 0.25) is 5.16 Å². The van der Waals surface area contributed by atoms with Crippen molar-refractivity contribution in [1.82, 2.24) is 20.2 Å². The second-order valence-electron chi connectivity index (χ2n) is 3.55. The Morgan fingerprint density at radius 3 is 3.05 bits per heavy atom. The summed E-state index contributed by atoms with van der Waals surface area (Å²) in [6.07, 6.45) is 0. The van der Waals surface area contributed by atoms with Crippen molar-refractivity contribution in [2.24, 2.45) is 0 Å². The van der Waals surface area contributed by atoms with Gasteiger partial charge in [0.25, 0.3) is 0 Å². The number of ether oxygens (including phenoxy) is 1. The van der Waals surface area contributed by atoms with E-state index in [0.717, 1.165) is 4.90 Å². The van der Waals surface area contributed by atoms with Crippen LogP contribution in [-0.4, -0.2) is 33.3 Å². The van der Waals surface area contributed by atoms with E-state index in [0.29, 0.717) is 15.2 Å². The Kier molecular flexibility index (Phi) is 4.70. The minimum absolute atomic E-state index is 0.0523. The zero-order valence-corrected chi connectivity index (χ0v) is 12.7. The zero-order valence-electron chi connectivity index (χ0n) is 10.3. The predicted octanol–water partition coefficient (Wildman–Crippen LogP) is 1.63. The van der Waals surface area contributed by atoms with Crippen LogP contribution in [0.25, 0.3) is 0 Å². The molecule has 1 aromatic carbocycles. The molecule has 0 aliphatic heterocycles. The van der Waals surface area contributed by atoms with Crippen molar-refractivity contribution in [2.75, 3.05) is 7.11 Å². The molecule has 102 valence electrons. The summed E-state index contributed by atoms with van der Waals surface area (Å²) in [5, 5.41) is 20.4. The third-order valence-electron chi connectivity index (χ3n) is 2.28. The Hall–Kier alpha value is -1.92. The average molecular weight is 354 g/mol. The minimum atomic E-state index is -0.430. The number of carbonyl (C=O) groups is 1. The number of hydrogen-bond donors (Lipinski definition) is 0. The van der Waals surface area contributed by atoms with Crippen molar-refractivity contribution in [3.05, 3.63) is 28.2 Å². The van der Waals surface area contributed by atoms with E-state index in [1.54, 1.807) is 18.2 Å². The number of rotatable bonds is 4. The number of halogens is 1. The van der Waals surface area contributed by atoms with Gasteiger partial charge in [-0.1, -0.05) is 0 Å². The van der Waals surface area contributed by atoms with Crippen LogP contribution >= 0.6 is 27.7 Å². The maximum Gasteiger partial charge on any atom is 0.327 e. The van der Waals surface area contributed by atoms with Crippen molar-refractivity contribution in [3.8, 4) is 6.07 Å². The monoisotopic (exact) mass is 353 g/mol. The lowest BCUT2D eigenvalue weighted by Gasteiger charge is -2.04. The molecule has 2 aromatic rings. The fourth-order valence-electron chi connectivity index (χ4n) is 1.31. The first-order chi connectivity index (χ1) is 9.63. The van der Waals surface area contributed by atoms with Gasteiger partial charge in [0.1, 0.15) is 12.6 Å². The van der Waals surface area contributed by atoms with E-state index in [9.17, 15) is 4.79 Å². The molecule has 9 heteroatoms. The SMILES string of the molecule is COC(=O)Cn1nnnc1Sc1ccc(C#N)c(Br)c1. The van der Waals surface area contributed by atoms with Gasteiger partial charge >= 0.3 is 5.97 Å². The normalized spacial score (nSPS) is 10.1. The molecule has 0 bridgehead atoms. The van der Waals surface area contributed by atoms with Gasteiger partial charge in [0, 0.05) is 9.37 Å². The van der Waals surface area contributed by atoms with Crippen molar-refractivity contribution in [3.63, 3.8) is 0 Å². The molecule has 20 heavy (non-hydrogen) atoms. The Labute approximate surface area is 127 Å². The number of hydrogen-bond acceptors (Lipinski definition) is 7. The van der Waals surface area contributed by atoms with Crippen LogP contribution < -0.4 is 0 Å². The molecule has 0 N–H and O–H groups in total. The molecule has 0 amide bonds. The molecule has 0 saturated carbocycles. The first-order valence-corrected chi connectivity index (χ1v) is 6.95. The lowest BCUT2D eigenvalue weighted by atomic mass is 10.2. The molecule has 1 aromatic heterocycles. The molecule has 0 radical (unpaired) electrons. The molecular weight excluding hydrogens is 346 g/mol. The van der Waals surface area contributed by atoms with E-state index < -0.39 is 5.97 Å². The van der Waals surface area contributed by atoms with E-state index >= 15 is 0 Å². The summed E-state index contributed by atoms with van der Waals surface area (Å²) in [5.41, 5.74) is 0.545. The van der Waals surface area contributed by atoms with Crippen LogP contribution in [0.5, 0.6) is 0 Å². The summed E-state index contributed by atoms with van der Waals surface area (Å²) < 4.78 is 6.61. The lowest BCUT2D eigenvalue weighted by molar-refractivity contribution is -0.141. The van der Waals surface area contributed by atoms with Crippen LogP contribution in [0.1, 0.15) is 5.56 Å². The minimum Gasteiger partial charge on any atom is -0.468 e. The molecule has 0 saturated heterocycles. The number of carbonyl (C=O) groups excluding carboxylic acids is 1. The van der Waals surface area contributed by atoms with Gasteiger partial charge in [0.15, 0.2) is 0 Å². The Bertz CT molecular complexity index is 682. The third-order valence-corrected chi connectivity index (χ3v) is 3.90. The van der Waals surface area contributed by atoms with E-state index in [-0.39, 0.29) is 6.54 Å². The number of esters is 1. The van der Waals surface area contributed by atoms with Crippen LogP contribution in [0.3, 0.4) is 0 Å². The van der Waals surface area contributed by atoms with Crippen LogP contribution in [0, 0.1) is 11.3 Å². The maximum atomic E-state index is 11.2. The second kappa shape index (κ2) is 6.49. The molecule has 0 fully saturated rings. The highest BCUT2D eigenvalue weighted by atomic mass is 79.9. The molecule has 0 aliphatic rings. The van der Waals surface area contributed by atoms with E-state index in [1.165, 1.54) is 23.6 Å². The third kappa shape index (κ3) is 3.34. The number of nitrogens with zero attached hydrogens (tertiary/aromatic N) is 5.